The van der Waals surface area contributed by atoms with Crippen molar-refractivity contribution in [2.24, 2.45) is 0 Å². The SMILES string of the molecule is COc1ccc(OCCN2C(=O)COc3ccc(NC(=O)c4ccccc4Br)cc32)cc1. The largest absolute Gasteiger partial charge is 0.497 e. The molecule has 1 N–H and O–H groups in total. The zero-order valence-electron chi connectivity index (χ0n) is 17.3. The van der Waals surface area contributed by atoms with E-state index in [9.17, 15) is 9.59 Å². The molecule has 0 unspecified atom stereocenters. The average Bonchev–Trinajstić information content (AvgIpc) is 2.81. The van der Waals surface area contributed by atoms with Crippen molar-refractivity contribution in [2.75, 3.05) is 37.1 Å². The fourth-order valence-electron chi connectivity index (χ4n) is 3.30. The lowest BCUT2D eigenvalue weighted by Gasteiger charge is -2.29. The Morgan fingerprint density at radius 2 is 1.84 bits per heavy atom. The zero-order valence-corrected chi connectivity index (χ0v) is 18.9. The summed E-state index contributed by atoms with van der Waals surface area (Å²) < 4.78 is 17.2. The third-order valence-electron chi connectivity index (χ3n) is 4.92. The van der Waals surface area contributed by atoms with Crippen LogP contribution in [0.15, 0.2) is 71.2 Å². The van der Waals surface area contributed by atoms with Crippen molar-refractivity contribution in [1.82, 2.24) is 0 Å². The topological polar surface area (TPSA) is 77.1 Å². The van der Waals surface area contributed by atoms with Gasteiger partial charge in [0, 0.05) is 10.2 Å². The van der Waals surface area contributed by atoms with E-state index in [0.29, 0.717) is 46.1 Å². The minimum atomic E-state index is -0.255. The number of benzene rings is 3. The van der Waals surface area contributed by atoms with Crippen LogP contribution in [0.4, 0.5) is 11.4 Å². The standard InChI is InChI=1S/C24H21BrN2O5/c1-30-17-7-9-18(10-8-17)31-13-12-27-21-14-16(6-11-22(21)32-15-23(27)28)26-24(29)19-4-2-3-5-20(19)25/h2-11,14H,12-13,15H2,1H3,(H,26,29). The number of rotatable bonds is 7. The molecule has 0 fully saturated rings. The third kappa shape index (κ3) is 4.86. The van der Waals surface area contributed by atoms with Crippen molar-refractivity contribution in [3.05, 3.63) is 76.8 Å². The van der Waals surface area contributed by atoms with Crippen LogP contribution >= 0.6 is 15.9 Å². The quantitative estimate of drug-likeness (QED) is 0.520. The van der Waals surface area contributed by atoms with Gasteiger partial charge in [0.25, 0.3) is 11.8 Å². The van der Waals surface area contributed by atoms with Gasteiger partial charge in [-0.2, -0.15) is 0 Å². The van der Waals surface area contributed by atoms with Crippen molar-refractivity contribution in [1.29, 1.82) is 0 Å². The molecule has 0 bridgehead atoms. The molecule has 1 aliphatic heterocycles. The first-order chi connectivity index (χ1) is 15.5. The monoisotopic (exact) mass is 496 g/mol. The average molecular weight is 497 g/mol. The zero-order chi connectivity index (χ0) is 22.5. The van der Waals surface area contributed by atoms with E-state index in [-0.39, 0.29) is 18.4 Å². The maximum atomic E-state index is 12.6. The van der Waals surface area contributed by atoms with Gasteiger partial charge in [-0.1, -0.05) is 12.1 Å². The molecule has 0 spiro atoms. The van der Waals surface area contributed by atoms with Crippen LogP contribution in [0.3, 0.4) is 0 Å². The summed E-state index contributed by atoms with van der Waals surface area (Å²) in [6, 6.07) is 19.6. The van der Waals surface area contributed by atoms with E-state index in [2.05, 4.69) is 21.2 Å². The maximum Gasteiger partial charge on any atom is 0.265 e. The second kappa shape index (κ2) is 9.74. The fraction of sp³-hybridized carbons (Fsp3) is 0.167. The van der Waals surface area contributed by atoms with Gasteiger partial charge in [-0.3, -0.25) is 9.59 Å². The molecule has 164 valence electrons. The molecule has 0 aromatic heterocycles. The molecule has 0 aliphatic carbocycles. The van der Waals surface area contributed by atoms with Gasteiger partial charge in [0.05, 0.1) is 24.9 Å². The first-order valence-electron chi connectivity index (χ1n) is 9.95. The summed E-state index contributed by atoms with van der Waals surface area (Å²) in [5.41, 5.74) is 1.66. The fourth-order valence-corrected chi connectivity index (χ4v) is 3.76. The molecule has 0 saturated heterocycles. The predicted molar refractivity (Wildman–Crippen MR) is 125 cm³/mol. The summed E-state index contributed by atoms with van der Waals surface area (Å²) in [5, 5.41) is 2.87. The van der Waals surface area contributed by atoms with E-state index in [0.717, 1.165) is 5.75 Å². The molecular formula is C24H21BrN2O5. The van der Waals surface area contributed by atoms with Crippen LogP contribution in [0.1, 0.15) is 10.4 Å². The van der Waals surface area contributed by atoms with Crippen LogP contribution in [-0.4, -0.2) is 38.7 Å². The van der Waals surface area contributed by atoms with Crippen LogP contribution in [0.5, 0.6) is 17.2 Å². The highest BCUT2D eigenvalue weighted by Crippen LogP contribution is 2.35. The number of carbonyl (C=O) groups excluding carboxylic acids is 2. The number of amides is 2. The third-order valence-corrected chi connectivity index (χ3v) is 5.61. The highest BCUT2D eigenvalue weighted by molar-refractivity contribution is 9.10. The Bertz CT molecular complexity index is 1130. The van der Waals surface area contributed by atoms with Gasteiger partial charge in [0.15, 0.2) is 6.61 Å². The Hall–Kier alpha value is -3.52. The molecule has 3 aromatic carbocycles. The summed E-state index contributed by atoms with van der Waals surface area (Å²) in [6.45, 7) is 0.589. The van der Waals surface area contributed by atoms with Crippen molar-refractivity contribution < 1.29 is 23.8 Å². The second-order valence-corrected chi connectivity index (χ2v) is 7.83. The van der Waals surface area contributed by atoms with Crippen LogP contribution in [0, 0.1) is 0 Å². The number of carbonyl (C=O) groups is 2. The molecule has 3 aromatic rings. The minimum Gasteiger partial charge on any atom is -0.497 e. The molecule has 0 atom stereocenters. The number of hydrogen-bond acceptors (Lipinski definition) is 5. The normalized spacial score (nSPS) is 12.6. The van der Waals surface area contributed by atoms with Crippen molar-refractivity contribution in [2.45, 2.75) is 0 Å². The van der Waals surface area contributed by atoms with E-state index in [4.69, 9.17) is 14.2 Å². The predicted octanol–water partition coefficient (Wildman–Crippen LogP) is 4.51. The Balaban J connectivity index is 1.46. The van der Waals surface area contributed by atoms with Gasteiger partial charge in [-0.25, -0.2) is 0 Å². The molecule has 8 heteroatoms. The summed E-state index contributed by atoms with van der Waals surface area (Å²) in [7, 11) is 1.60. The number of hydrogen-bond donors (Lipinski definition) is 1. The van der Waals surface area contributed by atoms with Crippen molar-refractivity contribution >= 4 is 39.1 Å². The molecule has 0 radical (unpaired) electrons. The van der Waals surface area contributed by atoms with Crippen LogP contribution in [0.25, 0.3) is 0 Å². The van der Waals surface area contributed by atoms with E-state index in [1.807, 2.05) is 30.3 Å². The Labute approximate surface area is 194 Å². The maximum absolute atomic E-state index is 12.6. The molecule has 4 rings (SSSR count). The van der Waals surface area contributed by atoms with Gasteiger partial charge in [-0.05, 0) is 70.5 Å². The lowest BCUT2D eigenvalue weighted by molar-refractivity contribution is -0.121. The number of fused-ring (bicyclic) bond motifs is 1. The number of nitrogens with zero attached hydrogens (tertiary/aromatic N) is 1. The molecular weight excluding hydrogens is 476 g/mol. The first-order valence-corrected chi connectivity index (χ1v) is 10.7. The van der Waals surface area contributed by atoms with E-state index >= 15 is 0 Å². The smallest absolute Gasteiger partial charge is 0.265 e. The lowest BCUT2D eigenvalue weighted by Crippen LogP contribution is -2.41. The highest BCUT2D eigenvalue weighted by atomic mass is 79.9. The molecule has 2 amide bonds. The Kier molecular flexibility index (Phi) is 6.61. The van der Waals surface area contributed by atoms with Crippen molar-refractivity contribution in [3.8, 4) is 17.2 Å². The summed E-state index contributed by atoms with van der Waals surface area (Å²) in [6.07, 6.45) is 0. The van der Waals surface area contributed by atoms with E-state index < -0.39 is 0 Å². The van der Waals surface area contributed by atoms with Crippen LogP contribution in [0.2, 0.25) is 0 Å². The Morgan fingerprint density at radius 3 is 2.59 bits per heavy atom. The second-order valence-electron chi connectivity index (χ2n) is 6.97. The molecule has 32 heavy (non-hydrogen) atoms. The van der Waals surface area contributed by atoms with Crippen LogP contribution in [-0.2, 0) is 4.79 Å². The van der Waals surface area contributed by atoms with Gasteiger partial charge >= 0.3 is 0 Å². The van der Waals surface area contributed by atoms with Gasteiger partial charge in [-0.15, -0.1) is 0 Å². The van der Waals surface area contributed by atoms with E-state index in [1.54, 1.807) is 48.4 Å². The summed E-state index contributed by atoms with van der Waals surface area (Å²) in [5.74, 6) is 1.57. The van der Waals surface area contributed by atoms with Crippen LogP contribution < -0.4 is 24.4 Å². The molecule has 1 aliphatic rings. The first kappa shape index (κ1) is 21.7. The number of halogens is 1. The number of anilines is 2. The molecule has 1 heterocycles. The number of ether oxygens (including phenoxy) is 3. The summed E-state index contributed by atoms with van der Waals surface area (Å²) >= 11 is 3.39. The van der Waals surface area contributed by atoms with E-state index in [1.165, 1.54) is 0 Å². The Morgan fingerprint density at radius 1 is 1.09 bits per heavy atom. The number of methoxy groups -OCH3 is 1. The molecule has 0 saturated carbocycles. The highest BCUT2D eigenvalue weighted by Gasteiger charge is 2.26. The lowest BCUT2D eigenvalue weighted by atomic mass is 10.2. The van der Waals surface area contributed by atoms with Gasteiger partial charge < -0.3 is 24.4 Å². The summed E-state index contributed by atoms with van der Waals surface area (Å²) in [4.78, 5) is 26.8. The molecule has 7 nitrogen and oxygen atoms in total. The van der Waals surface area contributed by atoms with Crippen molar-refractivity contribution in [3.63, 3.8) is 0 Å². The van der Waals surface area contributed by atoms with Gasteiger partial charge in [0.2, 0.25) is 0 Å². The minimum absolute atomic E-state index is 0.0434. The number of nitrogens with one attached hydrogen (secondary N) is 1. The van der Waals surface area contributed by atoms with Gasteiger partial charge in [0.1, 0.15) is 23.9 Å².